The number of halogens is 1. The number of benzene rings is 2. The Morgan fingerprint density at radius 2 is 1.74 bits per heavy atom. The standard InChI is InChI=1S/C20H25ClN2O3S/c1-13(2)17-8-6-7-9-18(17)22-20(24)15(4)23(27(5,25)26)19-12-16(21)11-10-14(19)3/h6-13,15H,1-5H3,(H,22,24)/t15-/m0/s1. The van der Waals surface area contributed by atoms with Crippen LogP contribution in [-0.2, 0) is 14.8 Å². The lowest BCUT2D eigenvalue weighted by atomic mass is 10.0. The lowest BCUT2D eigenvalue weighted by molar-refractivity contribution is -0.116. The third kappa shape index (κ3) is 5.02. The number of sulfonamides is 1. The van der Waals surface area contributed by atoms with E-state index >= 15 is 0 Å². The van der Waals surface area contributed by atoms with Gasteiger partial charge in [-0.1, -0.05) is 49.7 Å². The molecule has 5 nitrogen and oxygen atoms in total. The number of hydrogen-bond acceptors (Lipinski definition) is 3. The molecule has 2 rings (SSSR count). The van der Waals surface area contributed by atoms with Gasteiger partial charge in [0.1, 0.15) is 6.04 Å². The molecule has 0 unspecified atom stereocenters. The monoisotopic (exact) mass is 408 g/mol. The summed E-state index contributed by atoms with van der Waals surface area (Å²) in [5.41, 5.74) is 2.78. The molecule has 0 aliphatic carbocycles. The predicted octanol–water partition coefficient (Wildman–Crippen LogP) is 4.57. The number of carbonyl (C=O) groups excluding carboxylic acids is 1. The van der Waals surface area contributed by atoms with Gasteiger partial charge in [0, 0.05) is 10.7 Å². The number of nitrogens with one attached hydrogen (secondary N) is 1. The number of carbonyl (C=O) groups is 1. The summed E-state index contributed by atoms with van der Waals surface area (Å²) >= 11 is 6.06. The highest BCUT2D eigenvalue weighted by atomic mass is 35.5. The normalized spacial score (nSPS) is 12.7. The zero-order valence-corrected chi connectivity index (χ0v) is 17.7. The summed E-state index contributed by atoms with van der Waals surface area (Å²) in [4.78, 5) is 12.9. The van der Waals surface area contributed by atoms with Crippen molar-refractivity contribution in [2.45, 2.75) is 39.7 Å². The van der Waals surface area contributed by atoms with Crippen molar-refractivity contribution in [1.29, 1.82) is 0 Å². The van der Waals surface area contributed by atoms with Crippen molar-refractivity contribution in [1.82, 2.24) is 0 Å². The summed E-state index contributed by atoms with van der Waals surface area (Å²) in [5, 5.41) is 3.27. The summed E-state index contributed by atoms with van der Waals surface area (Å²) in [6.45, 7) is 7.41. The van der Waals surface area contributed by atoms with Crippen LogP contribution in [-0.4, -0.2) is 26.6 Å². The minimum absolute atomic E-state index is 0.220. The third-order valence-electron chi connectivity index (χ3n) is 4.34. The number of nitrogens with zero attached hydrogens (tertiary/aromatic N) is 1. The first-order valence-corrected chi connectivity index (χ1v) is 10.9. The van der Waals surface area contributed by atoms with Crippen LogP contribution < -0.4 is 9.62 Å². The Labute approximate surface area is 166 Å². The van der Waals surface area contributed by atoms with Crippen LogP contribution in [0.4, 0.5) is 11.4 Å². The Kier molecular flexibility index (Phi) is 6.54. The van der Waals surface area contributed by atoms with Gasteiger partial charge in [-0.2, -0.15) is 0 Å². The number of amides is 1. The van der Waals surface area contributed by atoms with Crippen molar-refractivity contribution in [3.63, 3.8) is 0 Å². The Balaban J connectivity index is 2.41. The summed E-state index contributed by atoms with van der Waals surface area (Å²) < 4.78 is 26.1. The van der Waals surface area contributed by atoms with Crippen LogP contribution in [0.2, 0.25) is 5.02 Å². The van der Waals surface area contributed by atoms with Gasteiger partial charge in [0.05, 0.1) is 11.9 Å². The average molecular weight is 409 g/mol. The Hall–Kier alpha value is -2.05. The molecule has 1 N–H and O–H groups in total. The molecule has 2 aromatic rings. The summed E-state index contributed by atoms with van der Waals surface area (Å²) in [6.07, 6.45) is 1.08. The molecule has 0 heterocycles. The van der Waals surface area contributed by atoms with E-state index in [2.05, 4.69) is 5.32 Å². The van der Waals surface area contributed by atoms with E-state index in [1.807, 2.05) is 38.1 Å². The van der Waals surface area contributed by atoms with E-state index in [4.69, 9.17) is 11.6 Å². The van der Waals surface area contributed by atoms with Crippen molar-refractivity contribution in [3.8, 4) is 0 Å². The van der Waals surface area contributed by atoms with Gasteiger partial charge in [-0.15, -0.1) is 0 Å². The minimum atomic E-state index is -3.71. The van der Waals surface area contributed by atoms with Crippen molar-refractivity contribution in [3.05, 3.63) is 58.6 Å². The molecule has 0 fully saturated rings. The molecule has 1 atom stereocenters. The zero-order chi connectivity index (χ0) is 20.4. The fourth-order valence-corrected chi connectivity index (χ4v) is 4.34. The van der Waals surface area contributed by atoms with E-state index in [0.717, 1.165) is 16.1 Å². The van der Waals surface area contributed by atoms with Crippen LogP contribution in [0.25, 0.3) is 0 Å². The number of para-hydroxylation sites is 1. The van der Waals surface area contributed by atoms with Gasteiger partial charge in [-0.25, -0.2) is 8.42 Å². The van der Waals surface area contributed by atoms with Crippen LogP contribution >= 0.6 is 11.6 Å². The largest absolute Gasteiger partial charge is 0.324 e. The first-order valence-electron chi connectivity index (χ1n) is 8.67. The lowest BCUT2D eigenvalue weighted by Crippen LogP contribution is -2.45. The molecule has 0 aromatic heterocycles. The van der Waals surface area contributed by atoms with E-state index < -0.39 is 22.0 Å². The molecule has 0 aliphatic heterocycles. The van der Waals surface area contributed by atoms with E-state index in [-0.39, 0.29) is 5.92 Å². The molecule has 0 saturated heterocycles. The molecule has 1 amide bonds. The quantitative estimate of drug-likeness (QED) is 0.761. The van der Waals surface area contributed by atoms with Crippen LogP contribution in [0.5, 0.6) is 0 Å². The molecular formula is C20H25ClN2O3S. The molecule has 0 radical (unpaired) electrons. The minimum Gasteiger partial charge on any atom is -0.324 e. The van der Waals surface area contributed by atoms with Gasteiger partial charge in [-0.3, -0.25) is 9.10 Å². The van der Waals surface area contributed by atoms with Gasteiger partial charge in [-0.05, 0) is 49.1 Å². The Morgan fingerprint density at radius 3 is 2.33 bits per heavy atom. The SMILES string of the molecule is Cc1ccc(Cl)cc1N([C@@H](C)C(=O)Nc1ccccc1C(C)C)S(C)(=O)=O. The fraction of sp³-hybridized carbons (Fsp3) is 0.350. The molecular weight excluding hydrogens is 384 g/mol. The van der Waals surface area contributed by atoms with Crippen molar-refractivity contribution in [2.75, 3.05) is 15.9 Å². The van der Waals surface area contributed by atoms with E-state index in [0.29, 0.717) is 22.0 Å². The highest BCUT2D eigenvalue weighted by molar-refractivity contribution is 7.92. The summed E-state index contributed by atoms with van der Waals surface area (Å²) in [6, 6.07) is 11.5. The van der Waals surface area contributed by atoms with Gasteiger partial charge < -0.3 is 5.32 Å². The Morgan fingerprint density at radius 1 is 1.11 bits per heavy atom. The van der Waals surface area contributed by atoms with E-state index in [1.54, 1.807) is 32.0 Å². The van der Waals surface area contributed by atoms with Gasteiger partial charge in [0.2, 0.25) is 15.9 Å². The highest BCUT2D eigenvalue weighted by Gasteiger charge is 2.30. The maximum atomic E-state index is 12.9. The Bertz CT molecular complexity index is 942. The van der Waals surface area contributed by atoms with Gasteiger partial charge in [0.15, 0.2) is 0 Å². The van der Waals surface area contributed by atoms with Crippen LogP contribution in [0, 0.1) is 6.92 Å². The first kappa shape index (κ1) is 21.3. The predicted molar refractivity (Wildman–Crippen MR) is 112 cm³/mol. The van der Waals surface area contributed by atoms with Crippen LogP contribution in [0.3, 0.4) is 0 Å². The number of hydrogen-bond donors (Lipinski definition) is 1. The summed E-state index contributed by atoms with van der Waals surface area (Å²) in [7, 11) is -3.71. The van der Waals surface area contributed by atoms with Crippen LogP contribution in [0.15, 0.2) is 42.5 Å². The fourth-order valence-electron chi connectivity index (χ4n) is 2.95. The second kappa shape index (κ2) is 8.31. The van der Waals surface area contributed by atoms with E-state index in [1.165, 1.54) is 0 Å². The highest BCUT2D eigenvalue weighted by Crippen LogP contribution is 2.29. The average Bonchev–Trinajstić information content (AvgIpc) is 2.57. The first-order chi connectivity index (χ1) is 12.5. The molecule has 7 heteroatoms. The number of rotatable bonds is 6. The van der Waals surface area contributed by atoms with E-state index in [9.17, 15) is 13.2 Å². The maximum Gasteiger partial charge on any atom is 0.248 e. The van der Waals surface area contributed by atoms with Gasteiger partial charge in [0.25, 0.3) is 0 Å². The molecule has 0 bridgehead atoms. The van der Waals surface area contributed by atoms with Crippen LogP contribution in [0.1, 0.15) is 37.8 Å². The molecule has 2 aromatic carbocycles. The molecule has 0 spiro atoms. The number of anilines is 2. The zero-order valence-electron chi connectivity index (χ0n) is 16.2. The lowest BCUT2D eigenvalue weighted by Gasteiger charge is -2.30. The molecule has 0 saturated carbocycles. The number of aryl methyl sites for hydroxylation is 1. The molecule has 146 valence electrons. The summed E-state index contributed by atoms with van der Waals surface area (Å²) in [5.74, 6) is -0.189. The van der Waals surface area contributed by atoms with Gasteiger partial charge >= 0.3 is 0 Å². The van der Waals surface area contributed by atoms with Crippen molar-refractivity contribution < 1.29 is 13.2 Å². The van der Waals surface area contributed by atoms with Crippen molar-refractivity contribution >= 4 is 38.9 Å². The molecule has 27 heavy (non-hydrogen) atoms. The molecule has 0 aliphatic rings. The maximum absolute atomic E-state index is 12.9. The van der Waals surface area contributed by atoms with Crippen molar-refractivity contribution in [2.24, 2.45) is 0 Å². The smallest absolute Gasteiger partial charge is 0.248 e. The topological polar surface area (TPSA) is 66.5 Å². The second-order valence-corrected chi connectivity index (χ2v) is 9.19. The third-order valence-corrected chi connectivity index (χ3v) is 5.80. The second-order valence-electron chi connectivity index (χ2n) is 6.90.